The maximum atomic E-state index is 12.2. The van der Waals surface area contributed by atoms with Gasteiger partial charge in [0.1, 0.15) is 0 Å². The van der Waals surface area contributed by atoms with Gasteiger partial charge in [-0.15, -0.1) is 12.4 Å². The summed E-state index contributed by atoms with van der Waals surface area (Å²) in [6.07, 6.45) is 15.2. The van der Waals surface area contributed by atoms with Crippen LogP contribution in [0.5, 0.6) is 0 Å². The zero-order valence-electron chi connectivity index (χ0n) is 22.4. The molecular weight excluding hydrogens is 416 g/mol. The van der Waals surface area contributed by atoms with Gasteiger partial charge >= 0.3 is 0 Å². The van der Waals surface area contributed by atoms with E-state index in [1.807, 2.05) is 0 Å². The van der Waals surface area contributed by atoms with Crippen molar-refractivity contribution in [2.75, 3.05) is 13.1 Å². The second kappa shape index (κ2) is 19.2. The van der Waals surface area contributed by atoms with Gasteiger partial charge in [0, 0.05) is 31.2 Å². The summed E-state index contributed by atoms with van der Waals surface area (Å²) in [6.45, 7) is 21.2. The minimum atomic E-state index is 0. The predicted molar refractivity (Wildman–Crippen MR) is 146 cm³/mol. The average molecular weight is 467 g/mol. The van der Waals surface area contributed by atoms with Crippen LogP contribution in [-0.2, 0) is 4.79 Å². The van der Waals surface area contributed by atoms with Crippen molar-refractivity contribution in [1.29, 1.82) is 0 Å². The molecule has 0 aliphatic rings. The highest BCUT2D eigenvalue weighted by molar-refractivity contribution is 5.88. The number of rotatable bonds is 15. The van der Waals surface area contributed by atoms with Crippen LogP contribution in [0.2, 0.25) is 0 Å². The monoisotopic (exact) mass is 466 g/mol. The van der Waals surface area contributed by atoms with Crippen molar-refractivity contribution in [2.24, 2.45) is 0 Å². The number of nitrogens with one attached hydrogen (secondary N) is 1. The third kappa shape index (κ3) is 18.3. The van der Waals surface area contributed by atoms with E-state index in [-0.39, 0.29) is 18.3 Å². The molecular formula is C28H51ClN2O. The fourth-order valence-corrected chi connectivity index (χ4v) is 3.65. The van der Waals surface area contributed by atoms with E-state index in [2.05, 4.69) is 90.8 Å². The highest BCUT2D eigenvalue weighted by Crippen LogP contribution is 2.13. The number of hydrogen-bond acceptors (Lipinski definition) is 2. The molecule has 0 radical (unpaired) electrons. The largest absolute Gasteiger partial charge is 0.351 e. The molecule has 0 aliphatic carbocycles. The van der Waals surface area contributed by atoms with Gasteiger partial charge in [-0.3, -0.25) is 9.69 Å². The van der Waals surface area contributed by atoms with Crippen molar-refractivity contribution in [1.82, 2.24) is 10.2 Å². The smallest absolute Gasteiger partial charge is 0.243 e. The standard InChI is InChI=1S/C28H50N2O.ClH/c1-22(2)13-10-14-25(7)15-11-16-26(8)17-12-18-27(9)21-28(31)29-19-20-30(23(3)4)24(5)6;/h13,15,17,21,23-24H,10-12,14,16,18-20H2,1-9H3,(H,29,31);1H. The van der Waals surface area contributed by atoms with Gasteiger partial charge < -0.3 is 5.32 Å². The van der Waals surface area contributed by atoms with Gasteiger partial charge in [-0.05, 0) is 101 Å². The number of allylic oxidation sites excluding steroid dienone is 7. The van der Waals surface area contributed by atoms with Crippen LogP contribution < -0.4 is 5.32 Å². The first kappa shape index (κ1) is 32.9. The number of carbonyl (C=O) groups excluding carboxylic acids is 1. The van der Waals surface area contributed by atoms with E-state index in [0.29, 0.717) is 18.6 Å². The first-order valence-corrected chi connectivity index (χ1v) is 12.2. The van der Waals surface area contributed by atoms with Crippen LogP contribution in [-0.4, -0.2) is 36.0 Å². The minimum Gasteiger partial charge on any atom is -0.351 e. The number of hydrogen-bond donors (Lipinski definition) is 1. The fourth-order valence-electron chi connectivity index (χ4n) is 3.65. The Balaban J connectivity index is 0. The van der Waals surface area contributed by atoms with Crippen LogP contribution in [0.15, 0.2) is 46.6 Å². The Labute approximate surface area is 205 Å². The summed E-state index contributed by atoms with van der Waals surface area (Å²) in [5, 5.41) is 3.03. The second-order valence-electron chi connectivity index (χ2n) is 9.71. The molecule has 1 amide bonds. The van der Waals surface area contributed by atoms with Crippen molar-refractivity contribution < 1.29 is 4.79 Å². The van der Waals surface area contributed by atoms with E-state index in [1.54, 1.807) is 6.08 Å². The summed E-state index contributed by atoms with van der Waals surface area (Å²) in [7, 11) is 0. The summed E-state index contributed by atoms with van der Waals surface area (Å²) in [5.41, 5.74) is 5.46. The zero-order chi connectivity index (χ0) is 23.8. The molecule has 0 aromatic carbocycles. The molecule has 32 heavy (non-hydrogen) atoms. The Morgan fingerprint density at radius 1 is 0.750 bits per heavy atom. The van der Waals surface area contributed by atoms with Crippen LogP contribution in [0, 0.1) is 0 Å². The van der Waals surface area contributed by atoms with Crippen molar-refractivity contribution in [2.45, 2.75) is 113 Å². The van der Waals surface area contributed by atoms with Crippen molar-refractivity contribution in [3.8, 4) is 0 Å². The van der Waals surface area contributed by atoms with Crippen molar-refractivity contribution >= 4 is 18.3 Å². The number of amides is 1. The van der Waals surface area contributed by atoms with E-state index in [4.69, 9.17) is 0 Å². The molecule has 0 aromatic heterocycles. The Morgan fingerprint density at radius 3 is 1.62 bits per heavy atom. The highest BCUT2D eigenvalue weighted by Gasteiger charge is 2.12. The van der Waals surface area contributed by atoms with E-state index in [0.717, 1.165) is 50.6 Å². The molecule has 186 valence electrons. The maximum absolute atomic E-state index is 12.2. The van der Waals surface area contributed by atoms with Crippen molar-refractivity contribution in [3.05, 3.63) is 46.6 Å². The van der Waals surface area contributed by atoms with Gasteiger partial charge in [0.05, 0.1) is 0 Å². The number of nitrogens with zero attached hydrogens (tertiary/aromatic N) is 1. The molecule has 0 saturated carbocycles. The Morgan fingerprint density at radius 2 is 1.19 bits per heavy atom. The normalized spacial score (nSPS) is 12.9. The molecule has 0 heterocycles. The first-order valence-electron chi connectivity index (χ1n) is 12.2. The topological polar surface area (TPSA) is 32.3 Å². The number of carbonyl (C=O) groups is 1. The summed E-state index contributed by atoms with van der Waals surface area (Å²) in [4.78, 5) is 14.6. The lowest BCUT2D eigenvalue weighted by molar-refractivity contribution is -0.116. The molecule has 0 spiro atoms. The van der Waals surface area contributed by atoms with Gasteiger partial charge in [0.25, 0.3) is 0 Å². The summed E-state index contributed by atoms with van der Waals surface area (Å²) < 4.78 is 0. The molecule has 0 rings (SSSR count). The van der Waals surface area contributed by atoms with Gasteiger partial charge in [-0.25, -0.2) is 0 Å². The van der Waals surface area contributed by atoms with Gasteiger partial charge in [-0.2, -0.15) is 0 Å². The van der Waals surface area contributed by atoms with Gasteiger partial charge in [-0.1, -0.05) is 40.5 Å². The molecule has 0 saturated heterocycles. The lowest BCUT2D eigenvalue weighted by atomic mass is 10.0. The summed E-state index contributed by atoms with van der Waals surface area (Å²) in [5.74, 6) is 0.0272. The van der Waals surface area contributed by atoms with Crippen LogP contribution in [0.25, 0.3) is 0 Å². The third-order valence-corrected chi connectivity index (χ3v) is 5.53. The quantitative estimate of drug-likeness (QED) is 0.197. The second-order valence-corrected chi connectivity index (χ2v) is 9.71. The van der Waals surface area contributed by atoms with Crippen molar-refractivity contribution in [3.63, 3.8) is 0 Å². The van der Waals surface area contributed by atoms with Crippen LogP contribution in [0.4, 0.5) is 0 Å². The maximum Gasteiger partial charge on any atom is 0.243 e. The molecule has 4 heteroatoms. The molecule has 0 aliphatic heterocycles. The molecule has 0 unspecified atom stereocenters. The average Bonchev–Trinajstić information content (AvgIpc) is 2.64. The van der Waals surface area contributed by atoms with E-state index in [1.165, 1.54) is 16.7 Å². The van der Waals surface area contributed by atoms with E-state index in [9.17, 15) is 4.79 Å². The Kier molecular flexibility index (Phi) is 19.7. The SMILES string of the molecule is CC(C)=CCCC(C)=CCCC(C)=CCCC(C)=CC(=O)NCCN(C(C)C)C(C)C.Cl. The molecule has 0 bridgehead atoms. The van der Waals surface area contributed by atoms with Crippen LogP contribution in [0.3, 0.4) is 0 Å². The summed E-state index contributed by atoms with van der Waals surface area (Å²) in [6, 6.07) is 0.984. The molecule has 1 N–H and O–H groups in total. The predicted octanol–water partition coefficient (Wildman–Crippen LogP) is 7.79. The molecule has 3 nitrogen and oxygen atoms in total. The highest BCUT2D eigenvalue weighted by atomic mass is 35.5. The molecule has 0 atom stereocenters. The summed E-state index contributed by atoms with van der Waals surface area (Å²) >= 11 is 0. The Hall–Kier alpha value is -1.32. The van der Waals surface area contributed by atoms with Crippen LogP contribution >= 0.6 is 12.4 Å². The van der Waals surface area contributed by atoms with Gasteiger partial charge in [0.15, 0.2) is 0 Å². The molecule has 0 fully saturated rings. The van der Waals surface area contributed by atoms with E-state index >= 15 is 0 Å². The lowest BCUT2D eigenvalue weighted by Crippen LogP contribution is -2.42. The fraction of sp³-hybridized carbons (Fsp3) is 0.679. The van der Waals surface area contributed by atoms with E-state index < -0.39 is 0 Å². The number of halogens is 1. The molecule has 0 aromatic rings. The minimum absolute atomic E-state index is 0. The third-order valence-electron chi connectivity index (χ3n) is 5.53. The zero-order valence-corrected chi connectivity index (χ0v) is 23.2. The van der Waals surface area contributed by atoms with Gasteiger partial charge in [0.2, 0.25) is 5.91 Å². The first-order chi connectivity index (χ1) is 14.5. The van der Waals surface area contributed by atoms with Crippen LogP contribution in [0.1, 0.15) is 101 Å². The Bertz CT molecular complexity index is 630. The lowest BCUT2D eigenvalue weighted by Gasteiger charge is -2.30.